The van der Waals surface area contributed by atoms with Crippen molar-refractivity contribution in [2.75, 3.05) is 5.32 Å². The van der Waals surface area contributed by atoms with Crippen molar-refractivity contribution in [2.45, 2.75) is 20.4 Å². The Kier molecular flexibility index (Phi) is 4.99. The van der Waals surface area contributed by atoms with Crippen LogP contribution in [0.15, 0.2) is 79.3 Å². The van der Waals surface area contributed by atoms with Crippen molar-refractivity contribution in [3.8, 4) is 11.3 Å². The summed E-state index contributed by atoms with van der Waals surface area (Å²) in [5, 5.41) is 11.8. The largest absolute Gasteiger partial charge is 0.305 e. The van der Waals surface area contributed by atoms with Gasteiger partial charge in [-0.1, -0.05) is 54.1 Å². The number of rotatable bonds is 5. The van der Waals surface area contributed by atoms with Crippen LogP contribution in [-0.4, -0.2) is 30.3 Å². The minimum absolute atomic E-state index is 0.297. The fourth-order valence-electron chi connectivity index (χ4n) is 3.66. The van der Waals surface area contributed by atoms with Crippen LogP contribution >= 0.6 is 0 Å². The van der Waals surface area contributed by atoms with Gasteiger partial charge in [0.25, 0.3) is 5.91 Å². The van der Waals surface area contributed by atoms with Crippen LogP contribution in [0.5, 0.6) is 0 Å². The fraction of sp³-hybridized carbons (Fsp3) is 0.120. The van der Waals surface area contributed by atoms with Gasteiger partial charge >= 0.3 is 0 Å². The van der Waals surface area contributed by atoms with Gasteiger partial charge in [0.05, 0.1) is 18.4 Å². The molecule has 0 radical (unpaired) electrons. The lowest BCUT2D eigenvalue weighted by atomic mass is 10.1. The van der Waals surface area contributed by atoms with E-state index in [1.54, 1.807) is 23.0 Å². The summed E-state index contributed by atoms with van der Waals surface area (Å²) in [7, 11) is 0. The molecule has 0 bridgehead atoms. The number of hydrogen-bond acceptors (Lipinski definition) is 4. The first kappa shape index (κ1) is 19.7. The van der Waals surface area contributed by atoms with Gasteiger partial charge in [-0.15, -0.1) is 0 Å². The van der Waals surface area contributed by atoms with Crippen LogP contribution in [0.3, 0.4) is 0 Å². The monoisotopic (exact) mass is 422 g/mol. The molecule has 0 aliphatic rings. The van der Waals surface area contributed by atoms with Crippen LogP contribution in [0.2, 0.25) is 0 Å². The highest BCUT2D eigenvalue weighted by Crippen LogP contribution is 2.22. The zero-order chi connectivity index (χ0) is 22.1. The highest BCUT2D eigenvalue weighted by Gasteiger charge is 2.17. The first-order valence-electron chi connectivity index (χ1n) is 10.4. The highest BCUT2D eigenvalue weighted by molar-refractivity contribution is 6.07. The predicted octanol–water partition coefficient (Wildman–Crippen LogP) is 4.51. The molecule has 0 saturated heterocycles. The zero-order valence-corrected chi connectivity index (χ0v) is 17.9. The number of carbonyl (C=O) groups is 1. The van der Waals surface area contributed by atoms with E-state index in [1.165, 1.54) is 16.7 Å². The highest BCUT2D eigenvalue weighted by atomic mass is 16.1. The minimum Gasteiger partial charge on any atom is -0.305 e. The Morgan fingerprint density at radius 2 is 1.81 bits per heavy atom. The fourth-order valence-corrected chi connectivity index (χ4v) is 3.66. The summed E-state index contributed by atoms with van der Waals surface area (Å²) < 4.78 is 3.50. The van der Waals surface area contributed by atoms with Crippen LogP contribution in [0.25, 0.3) is 16.9 Å². The van der Waals surface area contributed by atoms with Crippen LogP contribution < -0.4 is 5.32 Å². The Morgan fingerprint density at radius 1 is 1.00 bits per heavy atom. The van der Waals surface area contributed by atoms with E-state index in [9.17, 15) is 4.79 Å². The Balaban J connectivity index is 1.38. The second kappa shape index (κ2) is 8.11. The summed E-state index contributed by atoms with van der Waals surface area (Å²) in [4.78, 5) is 17.3. The first-order valence-corrected chi connectivity index (χ1v) is 10.4. The molecule has 0 unspecified atom stereocenters. The molecule has 0 fully saturated rings. The third kappa shape index (κ3) is 3.76. The van der Waals surface area contributed by atoms with Crippen molar-refractivity contribution >= 4 is 17.4 Å². The van der Waals surface area contributed by atoms with Crippen molar-refractivity contribution in [1.29, 1.82) is 0 Å². The SMILES string of the molecule is Cc1ccc(-c2ccnc3c(C(=O)Nc4ccn(Cc5ccccc5C)n4)cnn23)cc1. The molecule has 7 heteroatoms. The topological polar surface area (TPSA) is 77.1 Å². The lowest BCUT2D eigenvalue weighted by Gasteiger charge is -2.06. The Morgan fingerprint density at radius 3 is 2.62 bits per heavy atom. The maximum atomic E-state index is 12.9. The summed E-state index contributed by atoms with van der Waals surface area (Å²) in [5.41, 5.74) is 6.35. The Labute approximate surface area is 185 Å². The average molecular weight is 422 g/mol. The molecule has 0 spiro atoms. The Hall–Kier alpha value is -4.26. The van der Waals surface area contributed by atoms with E-state index in [0.717, 1.165) is 11.3 Å². The minimum atomic E-state index is -0.297. The number of nitrogens with one attached hydrogen (secondary N) is 1. The molecular weight excluding hydrogens is 400 g/mol. The summed E-state index contributed by atoms with van der Waals surface area (Å²) in [5.74, 6) is 0.187. The van der Waals surface area contributed by atoms with Crippen molar-refractivity contribution in [3.63, 3.8) is 0 Å². The number of aromatic nitrogens is 5. The quantitative estimate of drug-likeness (QED) is 0.452. The molecule has 0 aliphatic heterocycles. The number of amides is 1. The number of anilines is 1. The number of aryl methyl sites for hydroxylation is 2. The van der Waals surface area contributed by atoms with Gasteiger partial charge in [0.15, 0.2) is 11.5 Å². The number of hydrogen-bond donors (Lipinski definition) is 1. The second-order valence-electron chi connectivity index (χ2n) is 7.77. The summed E-state index contributed by atoms with van der Waals surface area (Å²) in [6, 6.07) is 20.0. The van der Waals surface area contributed by atoms with Gasteiger partial charge in [-0.2, -0.15) is 10.2 Å². The molecular formula is C25H22N6O. The second-order valence-corrected chi connectivity index (χ2v) is 7.77. The standard InChI is InChI=1S/C25H22N6O/c1-17-7-9-19(10-8-17)22-11-13-26-24-21(15-27-31(22)24)25(32)28-23-12-14-30(29-23)16-20-6-4-3-5-18(20)2/h3-15H,16H2,1-2H3,(H,28,29,32). The van der Waals surface area contributed by atoms with Crippen LogP contribution in [0.4, 0.5) is 5.82 Å². The van der Waals surface area contributed by atoms with Crippen molar-refractivity contribution in [2.24, 2.45) is 0 Å². The molecule has 2 aromatic carbocycles. The molecule has 5 rings (SSSR count). The average Bonchev–Trinajstić information content (AvgIpc) is 3.42. The molecule has 7 nitrogen and oxygen atoms in total. The number of benzene rings is 2. The molecule has 0 aliphatic carbocycles. The molecule has 32 heavy (non-hydrogen) atoms. The van der Waals surface area contributed by atoms with E-state index in [2.05, 4.69) is 39.6 Å². The Bertz CT molecular complexity index is 1410. The third-order valence-electron chi connectivity index (χ3n) is 5.47. The van der Waals surface area contributed by atoms with E-state index in [4.69, 9.17) is 0 Å². The molecule has 5 aromatic rings. The van der Waals surface area contributed by atoms with Crippen molar-refractivity contribution in [1.82, 2.24) is 24.4 Å². The molecule has 3 heterocycles. The summed E-state index contributed by atoms with van der Waals surface area (Å²) in [6.45, 7) is 4.76. The van der Waals surface area contributed by atoms with Crippen LogP contribution in [-0.2, 0) is 6.54 Å². The molecule has 0 atom stereocenters. The van der Waals surface area contributed by atoms with E-state index in [0.29, 0.717) is 23.6 Å². The lowest BCUT2D eigenvalue weighted by molar-refractivity contribution is 0.102. The molecule has 0 saturated carbocycles. The van der Waals surface area contributed by atoms with Crippen molar-refractivity contribution < 1.29 is 4.79 Å². The van der Waals surface area contributed by atoms with Gasteiger partial charge in [-0.25, -0.2) is 9.50 Å². The summed E-state index contributed by atoms with van der Waals surface area (Å²) in [6.07, 6.45) is 5.09. The molecule has 3 aromatic heterocycles. The number of carbonyl (C=O) groups excluding carboxylic acids is 1. The lowest BCUT2D eigenvalue weighted by Crippen LogP contribution is -2.13. The van der Waals surface area contributed by atoms with Gasteiger partial charge in [0.2, 0.25) is 0 Å². The van der Waals surface area contributed by atoms with Gasteiger partial charge in [-0.05, 0) is 31.0 Å². The smallest absolute Gasteiger partial charge is 0.262 e. The summed E-state index contributed by atoms with van der Waals surface area (Å²) >= 11 is 0. The molecule has 158 valence electrons. The molecule has 1 amide bonds. The maximum Gasteiger partial charge on any atom is 0.262 e. The van der Waals surface area contributed by atoms with Gasteiger partial charge in [0, 0.05) is 24.0 Å². The van der Waals surface area contributed by atoms with E-state index >= 15 is 0 Å². The zero-order valence-electron chi connectivity index (χ0n) is 17.9. The number of nitrogens with zero attached hydrogens (tertiary/aromatic N) is 5. The van der Waals surface area contributed by atoms with Crippen LogP contribution in [0.1, 0.15) is 27.0 Å². The third-order valence-corrected chi connectivity index (χ3v) is 5.47. The molecule has 1 N–H and O–H groups in total. The first-order chi connectivity index (χ1) is 15.6. The predicted molar refractivity (Wildman–Crippen MR) is 124 cm³/mol. The van der Waals surface area contributed by atoms with Crippen LogP contribution in [0, 0.1) is 13.8 Å². The number of fused-ring (bicyclic) bond motifs is 1. The van der Waals surface area contributed by atoms with E-state index < -0.39 is 0 Å². The van der Waals surface area contributed by atoms with E-state index in [1.807, 2.05) is 60.3 Å². The van der Waals surface area contributed by atoms with E-state index in [-0.39, 0.29) is 5.91 Å². The van der Waals surface area contributed by atoms with Gasteiger partial charge < -0.3 is 5.32 Å². The van der Waals surface area contributed by atoms with Gasteiger partial charge in [0.1, 0.15) is 5.56 Å². The maximum absolute atomic E-state index is 12.9. The van der Waals surface area contributed by atoms with Gasteiger partial charge in [-0.3, -0.25) is 9.48 Å². The normalized spacial score (nSPS) is 11.1. The van der Waals surface area contributed by atoms with Crippen molar-refractivity contribution in [3.05, 3.63) is 102 Å².